The zero-order valence-electron chi connectivity index (χ0n) is 39.5. The smallest absolute Gasteiger partial charge is 0.264 e. The Hall–Kier alpha value is -6.55. The second-order valence-electron chi connectivity index (χ2n) is 16.9. The van der Waals surface area contributed by atoms with E-state index in [2.05, 4.69) is 9.44 Å². The number of para-hydroxylation sites is 4. The summed E-state index contributed by atoms with van der Waals surface area (Å²) in [7, 11) is -22.4. The first-order valence-electron chi connectivity index (χ1n) is 22.1. The van der Waals surface area contributed by atoms with Crippen molar-refractivity contribution >= 4 is 72.9 Å². The lowest BCUT2D eigenvalue weighted by Crippen LogP contribution is -2.45. The van der Waals surface area contributed by atoms with Gasteiger partial charge in [-0.3, -0.25) is 18.1 Å². The van der Waals surface area contributed by atoms with E-state index in [0.29, 0.717) is 0 Å². The molecule has 20 heteroatoms. The fraction of sp³-hybridized carbons (Fsp3) is 0.176. The average molecular weight is 1060 g/mol. The summed E-state index contributed by atoms with van der Waals surface area (Å²) in [5, 5.41) is 0. The lowest BCUT2D eigenvalue weighted by molar-refractivity contribution is 0.425. The molecule has 7 rings (SSSR count). The number of benzene rings is 7. The number of nitrogens with one attached hydrogen (secondary N) is 2. The van der Waals surface area contributed by atoms with Gasteiger partial charge in [0.2, 0.25) is 10.0 Å². The van der Waals surface area contributed by atoms with Crippen LogP contribution in [0.1, 0.15) is 27.8 Å². The zero-order valence-corrected chi connectivity index (χ0v) is 43.5. The van der Waals surface area contributed by atoms with Gasteiger partial charge in [-0.15, -0.1) is 0 Å². The Balaban J connectivity index is 1.34. The first kappa shape index (κ1) is 52.3. The highest BCUT2D eigenvalue weighted by molar-refractivity contribution is 7.94. The van der Waals surface area contributed by atoms with Gasteiger partial charge in [0, 0.05) is 26.2 Å². The molecule has 0 saturated heterocycles. The Kier molecular flexibility index (Phi) is 15.5. The Morgan fingerprint density at radius 2 is 0.563 bits per heavy atom. The summed E-state index contributed by atoms with van der Waals surface area (Å²) in [6.07, 6.45) is 0. The standard InChI is InChI=1S/C51H53N5O10S5/c1-38-14-24-43(25-15-38)67(57,58)52-48-10-6-8-12-50(48)55(70(63,64)46-30-20-41(4)21-31-46)36-34-54(69(61,62)45-28-18-40(3)19-29-45)35-37-56(71(65,66)47-32-22-42(5)23-33-47)51-13-9-7-11-49(51)53-68(59,60)44-26-16-39(2)17-27-44/h6-33,52-53H,34-37H2,1-5H3. The second-order valence-corrected chi connectivity index (χ2v) is 25.9. The molecule has 7 aromatic rings. The highest BCUT2D eigenvalue weighted by Crippen LogP contribution is 2.35. The lowest BCUT2D eigenvalue weighted by Gasteiger charge is -2.32. The van der Waals surface area contributed by atoms with Gasteiger partial charge >= 0.3 is 0 Å². The third-order valence-electron chi connectivity index (χ3n) is 11.5. The molecule has 0 aromatic heterocycles. The largest absolute Gasteiger partial charge is 0.277 e. The molecule has 0 atom stereocenters. The van der Waals surface area contributed by atoms with Crippen molar-refractivity contribution in [3.05, 3.63) is 198 Å². The van der Waals surface area contributed by atoms with Crippen LogP contribution in [0, 0.1) is 34.6 Å². The van der Waals surface area contributed by atoms with Crippen LogP contribution in [0.3, 0.4) is 0 Å². The third kappa shape index (κ3) is 12.0. The minimum absolute atomic E-state index is 0.0872. The molecule has 71 heavy (non-hydrogen) atoms. The van der Waals surface area contributed by atoms with E-state index in [1.54, 1.807) is 95.3 Å². The Morgan fingerprint density at radius 1 is 0.310 bits per heavy atom. The number of sulfonamides is 5. The summed E-state index contributed by atoms with van der Waals surface area (Å²) >= 11 is 0. The summed E-state index contributed by atoms with van der Waals surface area (Å²) in [5.41, 5.74) is 3.37. The van der Waals surface area contributed by atoms with E-state index in [4.69, 9.17) is 0 Å². The van der Waals surface area contributed by atoms with Gasteiger partial charge in [0.15, 0.2) is 0 Å². The molecule has 0 aliphatic carbocycles. The molecule has 0 aliphatic rings. The van der Waals surface area contributed by atoms with E-state index in [1.165, 1.54) is 109 Å². The highest BCUT2D eigenvalue weighted by atomic mass is 32.2. The average Bonchev–Trinajstić information content (AvgIpc) is 3.32. The van der Waals surface area contributed by atoms with Crippen LogP contribution in [0.15, 0.2) is 194 Å². The maximum atomic E-state index is 14.9. The normalized spacial score (nSPS) is 12.4. The van der Waals surface area contributed by atoms with Gasteiger partial charge in [0.05, 0.1) is 47.2 Å². The van der Waals surface area contributed by atoms with Crippen LogP contribution in [0.2, 0.25) is 0 Å². The van der Waals surface area contributed by atoms with Gasteiger partial charge < -0.3 is 0 Å². The van der Waals surface area contributed by atoms with Crippen molar-refractivity contribution in [3.63, 3.8) is 0 Å². The highest BCUT2D eigenvalue weighted by Gasteiger charge is 2.34. The molecule has 0 bridgehead atoms. The van der Waals surface area contributed by atoms with Crippen molar-refractivity contribution in [2.75, 3.05) is 44.2 Å². The molecule has 0 amide bonds. The minimum atomic E-state index is -4.61. The SMILES string of the molecule is Cc1ccc(S(=O)(=O)Nc2ccccc2N(CCN(CCN(c2ccccc2NS(=O)(=O)c2ccc(C)cc2)S(=O)(=O)c2ccc(C)cc2)S(=O)(=O)c2ccc(C)cc2)S(=O)(=O)c2ccc(C)cc2)cc1. The van der Waals surface area contributed by atoms with Crippen LogP contribution in [-0.4, -0.2) is 72.6 Å². The van der Waals surface area contributed by atoms with Crippen molar-refractivity contribution in [1.82, 2.24) is 4.31 Å². The molecule has 0 radical (unpaired) electrons. The Morgan fingerprint density at radius 3 is 0.859 bits per heavy atom. The maximum absolute atomic E-state index is 14.9. The fourth-order valence-corrected chi connectivity index (χ4v) is 13.9. The van der Waals surface area contributed by atoms with E-state index >= 15 is 0 Å². The van der Waals surface area contributed by atoms with E-state index in [9.17, 15) is 42.1 Å². The van der Waals surface area contributed by atoms with Gasteiger partial charge in [-0.25, -0.2) is 42.1 Å². The third-order valence-corrected chi connectivity index (χ3v) is 19.8. The van der Waals surface area contributed by atoms with E-state index in [1.807, 2.05) is 0 Å². The predicted molar refractivity (Wildman–Crippen MR) is 278 cm³/mol. The predicted octanol–water partition coefficient (Wildman–Crippen LogP) is 8.61. The molecule has 372 valence electrons. The molecular weight excluding hydrogens is 1000 g/mol. The van der Waals surface area contributed by atoms with Crippen molar-refractivity contribution in [2.45, 2.75) is 59.1 Å². The second kappa shape index (κ2) is 21.0. The summed E-state index contributed by atoms with van der Waals surface area (Å²) in [6, 6.07) is 41.6. The van der Waals surface area contributed by atoms with Crippen LogP contribution in [0.25, 0.3) is 0 Å². The van der Waals surface area contributed by atoms with Gasteiger partial charge in [0.25, 0.3) is 40.1 Å². The van der Waals surface area contributed by atoms with Crippen LogP contribution in [-0.2, 0) is 50.1 Å². The summed E-state index contributed by atoms with van der Waals surface area (Å²) < 4.78 is 153. The molecule has 0 aliphatic heterocycles. The number of rotatable bonds is 20. The van der Waals surface area contributed by atoms with Crippen LogP contribution in [0.4, 0.5) is 22.7 Å². The van der Waals surface area contributed by atoms with Gasteiger partial charge in [-0.2, -0.15) is 4.31 Å². The van der Waals surface area contributed by atoms with Crippen molar-refractivity contribution < 1.29 is 42.1 Å². The van der Waals surface area contributed by atoms with Gasteiger partial charge in [0.1, 0.15) is 0 Å². The van der Waals surface area contributed by atoms with Gasteiger partial charge in [-0.1, -0.05) is 113 Å². The number of hydrogen-bond acceptors (Lipinski definition) is 10. The number of aryl methyl sites for hydroxylation is 5. The zero-order chi connectivity index (χ0) is 51.4. The summed E-state index contributed by atoms with van der Waals surface area (Å²) in [5.74, 6) is 0. The topological polar surface area (TPSA) is 204 Å². The Bertz CT molecular complexity index is 3390. The number of anilines is 4. The maximum Gasteiger partial charge on any atom is 0.264 e. The van der Waals surface area contributed by atoms with Gasteiger partial charge in [-0.05, 0) is 120 Å². The van der Waals surface area contributed by atoms with Crippen molar-refractivity contribution in [3.8, 4) is 0 Å². The lowest BCUT2D eigenvalue weighted by atomic mass is 10.2. The molecular formula is C51H53N5O10S5. The van der Waals surface area contributed by atoms with Crippen LogP contribution >= 0.6 is 0 Å². The van der Waals surface area contributed by atoms with Crippen LogP contribution < -0.4 is 18.1 Å². The Labute approximate surface area is 417 Å². The van der Waals surface area contributed by atoms with E-state index in [0.717, 1.165) is 40.7 Å². The molecule has 0 fully saturated rings. The number of hydrogen-bond donors (Lipinski definition) is 2. The van der Waals surface area contributed by atoms with Crippen molar-refractivity contribution in [2.24, 2.45) is 0 Å². The molecule has 0 heterocycles. The van der Waals surface area contributed by atoms with E-state index in [-0.39, 0.29) is 47.2 Å². The summed E-state index contributed by atoms with van der Waals surface area (Å²) in [6.45, 7) is 6.50. The molecule has 15 nitrogen and oxygen atoms in total. The first-order chi connectivity index (χ1) is 33.5. The fourth-order valence-electron chi connectivity index (χ4n) is 7.43. The van der Waals surface area contributed by atoms with E-state index < -0.39 is 76.3 Å². The quantitative estimate of drug-likeness (QED) is 0.0744. The molecule has 0 unspecified atom stereocenters. The monoisotopic (exact) mass is 1060 g/mol. The van der Waals surface area contributed by atoms with Crippen molar-refractivity contribution in [1.29, 1.82) is 0 Å². The number of nitrogens with zero attached hydrogens (tertiary/aromatic N) is 3. The summed E-state index contributed by atoms with van der Waals surface area (Å²) in [4.78, 5) is -0.701. The van der Waals surface area contributed by atoms with Crippen LogP contribution in [0.5, 0.6) is 0 Å². The minimum Gasteiger partial charge on any atom is -0.277 e. The molecule has 7 aromatic carbocycles. The first-order valence-corrected chi connectivity index (χ1v) is 29.4. The molecule has 2 N–H and O–H groups in total. The molecule has 0 spiro atoms. The molecule has 0 saturated carbocycles.